The van der Waals surface area contributed by atoms with Gasteiger partial charge < -0.3 is 15.0 Å². The highest BCUT2D eigenvalue weighted by Crippen LogP contribution is 2.30. The zero-order valence-corrected chi connectivity index (χ0v) is 15.8. The van der Waals surface area contributed by atoms with Gasteiger partial charge >= 0.3 is 5.97 Å². The van der Waals surface area contributed by atoms with Crippen LogP contribution in [-0.2, 0) is 19.1 Å². The molecule has 8 heteroatoms. The normalized spacial score (nSPS) is 13.4. The zero-order valence-electron chi connectivity index (χ0n) is 15.0. The third-order valence-corrected chi connectivity index (χ3v) is 5.13. The van der Waals surface area contributed by atoms with Crippen LogP contribution in [0.2, 0.25) is 0 Å². The van der Waals surface area contributed by atoms with Gasteiger partial charge in [-0.15, -0.1) is 11.3 Å². The highest BCUT2D eigenvalue weighted by atomic mass is 32.1. The topological polar surface area (TPSA) is 88.6 Å². The Morgan fingerprint density at radius 3 is 2.56 bits per heavy atom. The predicted molar refractivity (Wildman–Crippen MR) is 95.4 cm³/mol. The lowest BCUT2D eigenvalue weighted by molar-refractivity contribution is -0.141. The number of esters is 1. The van der Waals surface area contributed by atoms with Crippen molar-refractivity contribution in [3.63, 3.8) is 0 Å². The molecule has 1 N–H and O–H groups in total. The van der Waals surface area contributed by atoms with Gasteiger partial charge in [0.25, 0.3) is 0 Å². The monoisotopic (exact) mass is 367 g/mol. The summed E-state index contributed by atoms with van der Waals surface area (Å²) < 4.78 is 4.58. The first-order valence-corrected chi connectivity index (χ1v) is 9.29. The highest BCUT2D eigenvalue weighted by Gasteiger charge is 2.28. The molecule has 0 atom stereocenters. The van der Waals surface area contributed by atoms with Crippen molar-refractivity contribution in [2.45, 2.75) is 46.0 Å². The molecule has 2 amide bonds. The van der Waals surface area contributed by atoms with E-state index < -0.39 is 0 Å². The summed E-state index contributed by atoms with van der Waals surface area (Å²) in [5.41, 5.74) is 0.897. The Morgan fingerprint density at radius 2 is 2.00 bits per heavy atom. The van der Waals surface area contributed by atoms with Crippen LogP contribution in [0.25, 0.3) is 0 Å². The average Bonchev–Trinajstić information content (AvgIpc) is 3.31. The molecule has 1 aromatic rings. The van der Waals surface area contributed by atoms with E-state index in [2.05, 4.69) is 15.0 Å². The van der Waals surface area contributed by atoms with Gasteiger partial charge in [0, 0.05) is 24.3 Å². The average molecular weight is 367 g/mol. The second-order valence-corrected chi connectivity index (χ2v) is 7.56. The van der Waals surface area contributed by atoms with Crippen LogP contribution in [0.15, 0.2) is 0 Å². The Balaban J connectivity index is 1.86. The smallest absolute Gasteiger partial charge is 0.305 e. The number of amides is 2. The molecule has 1 fully saturated rings. The molecule has 2 rings (SSSR count). The fourth-order valence-corrected chi connectivity index (χ4v) is 3.20. The molecule has 1 aromatic heterocycles. The number of aromatic nitrogens is 1. The van der Waals surface area contributed by atoms with Gasteiger partial charge in [-0.2, -0.15) is 0 Å². The minimum Gasteiger partial charge on any atom is -0.469 e. The fraction of sp³-hybridized carbons (Fsp3) is 0.647. The molecular weight excluding hydrogens is 342 g/mol. The molecule has 1 aliphatic carbocycles. The number of ether oxygens (including phenoxy) is 1. The molecule has 25 heavy (non-hydrogen) atoms. The molecule has 1 aliphatic rings. The molecule has 138 valence electrons. The second kappa shape index (κ2) is 8.94. The number of hydrogen-bond acceptors (Lipinski definition) is 6. The minimum atomic E-state index is -0.325. The molecule has 0 saturated heterocycles. The number of thiazole rings is 1. The molecule has 0 radical (unpaired) electrons. The number of anilines is 1. The Labute approximate surface area is 151 Å². The van der Waals surface area contributed by atoms with Gasteiger partial charge in [-0.3, -0.25) is 14.4 Å². The zero-order chi connectivity index (χ0) is 18.4. The number of methoxy groups -OCH3 is 1. The van der Waals surface area contributed by atoms with Gasteiger partial charge in [-0.1, -0.05) is 0 Å². The highest BCUT2D eigenvalue weighted by molar-refractivity contribution is 7.15. The number of rotatable bonds is 9. The maximum atomic E-state index is 12.4. The summed E-state index contributed by atoms with van der Waals surface area (Å²) in [5, 5.41) is 3.33. The third-order valence-electron chi connectivity index (χ3n) is 4.14. The molecule has 0 bridgehead atoms. The van der Waals surface area contributed by atoms with Gasteiger partial charge in [0.1, 0.15) is 0 Å². The summed E-state index contributed by atoms with van der Waals surface area (Å²) >= 11 is 1.43. The summed E-state index contributed by atoms with van der Waals surface area (Å²) in [4.78, 5) is 42.8. The van der Waals surface area contributed by atoms with Gasteiger partial charge in [-0.25, -0.2) is 4.98 Å². The maximum absolute atomic E-state index is 12.4. The van der Waals surface area contributed by atoms with Crippen LogP contribution in [0.4, 0.5) is 5.13 Å². The Bertz CT molecular complexity index is 620. The van der Waals surface area contributed by atoms with Crippen LogP contribution in [0.5, 0.6) is 0 Å². The second-order valence-electron chi connectivity index (χ2n) is 6.36. The molecule has 7 nitrogen and oxygen atoms in total. The van der Waals surface area contributed by atoms with E-state index in [9.17, 15) is 14.4 Å². The van der Waals surface area contributed by atoms with E-state index in [1.54, 1.807) is 4.90 Å². The molecule has 1 heterocycles. The quantitative estimate of drug-likeness (QED) is 0.677. The van der Waals surface area contributed by atoms with Gasteiger partial charge in [0.15, 0.2) is 5.13 Å². The van der Waals surface area contributed by atoms with Crippen LogP contribution in [0, 0.1) is 19.8 Å². The largest absolute Gasteiger partial charge is 0.469 e. The lowest BCUT2D eigenvalue weighted by Crippen LogP contribution is -2.39. The molecule has 0 unspecified atom stereocenters. The Hall–Kier alpha value is -1.96. The van der Waals surface area contributed by atoms with E-state index in [1.807, 2.05) is 13.8 Å². The van der Waals surface area contributed by atoms with E-state index in [1.165, 1.54) is 18.4 Å². The van der Waals surface area contributed by atoms with Crippen molar-refractivity contribution in [1.82, 2.24) is 9.88 Å². The summed E-state index contributed by atoms with van der Waals surface area (Å²) in [6, 6.07) is 0. The number of nitrogens with one attached hydrogen (secondary N) is 1. The van der Waals surface area contributed by atoms with Crippen molar-refractivity contribution in [2.75, 3.05) is 25.5 Å². The van der Waals surface area contributed by atoms with E-state index in [0.29, 0.717) is 24.0 Å². The van der Waals surface area contributed by atoms with E-state index in [0.717, 1.165) is 23.4 Å². The Morgan fingerprint density at radius 1 is 1.28 bits per heavy atom. The number of carbonyl (C=O) groups is 3. The van der Waals surface area contributed by atoms with Crippen molar-refractivity contribution < 1.29 is 19.1 Å². The van der Waals surface area contributed by atoms with Gasteiger partial charge in [0.05, 0.1) is 19.3 Å². The summed E-state index contributed by atoms with van der Waals surface area (Å²) in [6.07, 6.45) is 3.07. The summed E-state index contributed by atoms with van der Waals surface area (Å²) in [7, 11) is 1.33. The van der Waals surface area contributed by atoms with Crippen molar-refractivity contribution in [2.24, 2.45) is 5.92 Å². The number of nitrogens with zero attached hydrogens (tertiary/aromatic N) is 2. The maximum Gasteiger partial charge on any atom is 0.305 e. The molecular formula is C17H25N3O4S. The van der Waals surface area contributed by atoms with Crippen LogP contribution < -0.4 is 5.32 Å². The van der Waals surface area contributed by atoms with Crippen molar-refractivity contribution >= 4 is 34.3 Å². The first-order valence-electron chi connectivity index (χ1n) is 8.47. The number of aryl methyl sites for hydroxylation is 2. The molecule has 0 aliphatic heterocycles. The minimum absolute atomic E-state index is 0.0191. The fourth-order valence-electron chi connectivity index (χ4n) is 2.37. The van der Waals surface area contributed by atoms with Gasteiger partial charge in [-0.05, 0) is 39.0 Å². The van der Waals surface area contributed by atoms with E-state index >= 15 is 0 Å². The number of hydrogen-bond donors (Lipinski definition) is 1. The first kappa shape index (κ1) is 19.4. The van der Waals surface area contributed by atoms with Crippen molar-refractivity contribution in [1.29, 1.82) is 0 Å². The Kier molecular flexibility index (Phi) is 6.92. The molecule has 0 spiro atoms. The van der Waals surface area contributed by atoms with Crippen molar-refractivity contribution in [3.8, 4) is 0 Å². The third kappa shape index (κ3) is 6.45. The molecule has 1 saturated carbocycles. The molecule has 0 aromatic carbocycles. The van der Waals surface area contributed by atoms with Crippen molar-refractivity contribution in [3.05, 3.63) is 10.6 Å². The first-order chi connectivity index (χ1) is 11.9. The summed E-state index contributed by atoms with van der Waals surface area (Å²) in [5.74, 6) is -0.177. The van der Waals surface area contributed by atoms with Crippen LogP contribution >= 0.6 is 11.3 Å². The van der Waals surface area contributed by atoms with Crippen LogP contribution in [0.1, 0.15) is 42.7 Å². The predicted octanol–water partition coefficient (Wildman–Crippen LogP) is 2.28. The lowest BCUT2D eigenvalue weighted by atomic mass is 10.2. The lowest BCUT2D eigenvalue weighted by Gasteiger charge is -2.22. The SMILES string of the molecule is COC(=O)CCCC(=O)N(CC(=O)Nc1nc(C)c(C)s1)CC1CC1. The van der Waals surface area contributed by atoms with Gasteiger partial charge in [0.2, 0.25) is 11.8 Å². The standard InChI is InChI=1S/C17H25N3O4S/c1-11-12(2)25-17(18-11)19-14(21)10-20(9-13-7-8-13)15(22)5-4-6-16(23)24-3/h13H,4-10H2,1-3H3,(H,18,19,21). The van der Waals surface area contributed by atoms with E-state index in [-0.39, 0.29) is 37.2 Å². The van der Waals surface area contributed by atoms with E-state index in [4.69, 9.17) is 0 Å². The van der Waals surface area contributed by atoms with Crippen LogP contribution in [0.3, 0.4) is 0 Å². The number of carbonyl (C=O) groups excluding carboxylic acids is 3. The summed E-state index contributed by atoms with van der Waals surface area (Å²) in [6.45, 7) is 4.46. The van der Waals surface area contributed by atoms with Crippen LogP contribution in [-0.4, -0.2) is 47.9 Å².